The van der Waals surface area contributed by atoms with E-state index in [0.29, 0.717) is 25.0 Å². The van der Waals surface area contributed by atoms with Gasteiger partial charge in [0.15, 0.2) is 5.58 Å². The molecule has 0 unspecified atom stereocenters. The third-order valence-electron chi connectivity index (χ3n) is 3.92. The van der Waals surface area contributed by atoms with Crippen LogP contribution in [0.1, 0.15) is 18.9 Å². The summed E-state index contributed by atoms with van der Waals surface area (Å²) in [7, 11) is -3.65. The lowest BCUT2D eigenvalue weighted by Crippen LogP contribution is -2.25. The molecule has 132 valence electrons. The number of rotatable bonds is 7. The van der Waals surface area contributed by atoms with Crippen LogP contribution in [-0.2, 0) is 23.0 Å². The molecular weight excluding hydrogens is 342 g/mol. The van der Waals surface area contributed by atoms with Crippen LogP contribution < -0.4 is 10.5 Å². The zero-order valence-corrected chi connectivity index (χ0v) is 14.6. The van der Waals surface area contributed by atoms with Crippen LogP contribution in [0.3, 0.4) is 0 Å². The maximum Gasteiger partial charge on any atom is 0.419 e. The molecule has 0 aliphatic carbocycles. The van der Waals surface area contributed by atoms with Crippen molar-refractivity contribution >= 4 is 21.1 Å². The maximum absolute atomic E-state index is 12.4. The number of hydrogen-bond donors (Lipinski definition) is 1. The van der Waals surface area contributed by atoms with E-state index in [4.69, 9.17) is 4.42 Å². The summed E-state index contributed by atoms with van der Waals surface area (Å²) in [4.78, 5) is 15.8. The number of pyridine rings is 1. The Balaban J connectivity index is 1.69. The van der Waals surface area contributed by atoms with Gasteiger partial charge in [-0.2, -0.15) is 0 Å². The first-order valence-electron chi connectivity index (χ1n) is 8.03. The molecule has 2 aromatic heterocycles. The number of hydrogen-bond acceptors (Lipinski definition) is 5. The molecule has 2 heterocycles. The summed E-state index contributed by atoms with van der Waals surface area (Å²) in [6, 6.07) is 8.26. The third-order valence-corrected chi connectivity index (χ3v) is 5.38. The molecule has 1 aromatic carbocycles. The lowest BCUT2D eigenvalue weighted by Gasteiger charge is -2.07. The van der Waals surface area contributed by atoms with E-state index < -0.39 is 15.8 Å². The highest BCUT2D eigenvalue weighted by Crippen LogP contribution is 2.18. The zero-order chi connectivity index (χ0) is 17.9. The van der Waals surface area contributed by atoms with E-state index in [9.17, 15) is 13.2 Å². The lowest BCUT2D eigenvalue weighted by molar-refractivity contribution is 0.512. The molecule has 0 amide bonds. The highest BCUT2D eigenvalue weighted by Gasteiger charge is 2.16. The van der Waals surface area contributed by atoms with Gasteiger partial charge in [-0.1, -0.05) is 6.07 Å². The average Bonchev–Trinajstić information content (AvgIpc) is 2.93. The molecule has 8 heteroatoms. The number of benzene rings is 1. The summed E-state index contributed by atoms with van der Waals surface area (Å²) in [6.07, 6.45) is 4.87. The Morgan fingerprint density at radius 1 is 1.28 bits per heavy atom. The van der Waals surface area contributed by atoms with E-state index >= 15 is 0 Å². The Labute approximate surface area is 145 Å². The summed E-state index contributed by atoms with van der Waals surface area (Å²) in [5.41, 5.74) is 1.92. The molecule has 0 saturated heterocycles. The molecule has 3 rings (SSSR count). The van der Waals surface area contributed by atoms with E-state index in [1.165, 1.54) is 16.7 Å². The maximum atomic E-state index is 12.4. The number of sulfonamides is 1. The van der Waals surface area contributed by atoms with E-state index in [1.807, 2.05) is 19.1 Å². The first-order valence-corrected chi connectivity index (χ1v) is 9.51. The Bertz CT molecular complexity index is 1020. The van der Waals surface area contributed by atoms with Gasteiger partial charge in [-0.15, -0.1) is 0 Å². The van der Waals surface area contributed by atoms with Gasteiger partial charge in [0.05, 0.1) is 10.4 Å². The molecule has 0 fully saturated rings. The van der Waals surface area contributed by atoms with Crippen molar-refractivity contribution in [3.8, 4) is 0 Å². The quantitative estimate of drug-likeness (QED) is 0.649. The molecule has 25 heavy (non-hydrogen) atoms. The molecule has 0 saturated carbocycles. The second-order valence-electron chi connectivity index (χ2n) is 5.60. The van der Waals surface area contributed by atoms with Gasteiger partial charge in [0.25, 0.3) is 0 Å². The molecule has 0 aliphatic heterocycles. The van der Waals surface area contributed by atoms with Crippen molar-refractivity contribution in [3.05, 3.63) is 58.8 Å². The average molecular weight is 361 g/mol. The number of fused-ring (bicyclic) bond motifs is 1. The van der Waals surface area contributed by atoms with Gasteiger partial charge >= 0.3 is 5.76 Å². The number of nitrogens with zero attached hydrogens (tertiary/aromatic N) is 2. The van der Waals surface area contributed by atoms with Crippen molar-refractivity contribution in [1.29, 1.82) is 0 Å². The second-order valence-corrected chi connectivity index (χ2v) is 7.37. The Hall–Kier alpha value is -2.45. The van der Waals surface area contributed by atoms with Gasteiger partial charge in [0.2, 0.25) is 10.0 Å². The fourth-order valence-corrected chi connectivity index (χ4v) is 3.73. The summed E-state index contributed by atoms with van der Waals surface area (Å²) < 4.78 is 33.9. The lowest BCUT2D eigenvalue weighted by atomic mass is 10.2. The van der Waals surface area contributed by atoms with Crippen molar-refractivity contribution in [2.75, 3.05) is 6.54 Å². The predicted molar refractivity (Wildman–Crippen MR) is 93.9 cm³/mol. The Morgan fingerprint density at radius 2 is 2.12 bits per heavy atom. The number of nitrogens with one attached hydrogen (secondary N) is 1. The Kier molecular flexibility index (Phi) is 5.00. The number of oxazole rings is 1. The van der Waals surface area contributed by atoms with Crippen LogP contribution in [0.2, 0.25) is 0 Å². The molecule has 1 N–H and O–H groups in total. The van der Waals surface area contributed by atoms with Gasteiger partial charge in [0, 0.05) is 31.5 Å². The van der Waals surface area contributed by atoms with Crippen LogP contribution in [0.5, 0.6) is 0 Å². The smallest absolute Gasteiger partial charge is 0.408 e. The summed E-state index contributed by atoms with van der Waals surface area (Å²) in [6.45, 7) is 2.60. The first kappa shape index (κ1) is 17.4. The summed E-state index contributed by atoms with van der Waals surface area (Å²) in [5, 5.41) is 0. The van der Waals surface area contributed by atoms with Crippen molar-refractivity contribution in [1.82, 2.24) is 14.3 Å². The molecule has 0 radical (unpaired) electrons. The molecular formula is C17H19N3O4S. The molecule has 0 spiro atoms. The number of aryl methyl sites for hydroxylation is 2. The number of aromatic nitrogens is 2. The van der Waals surface area contributed by atoms with Gasteiger partial charge in [-0.05, 0) is 43.5 Å². The van der Waals surface area contributed by atoms with E-state index in [2.05, 4.69) is 9.71 Å². The molecule has 7 nitrogen and oxygen atoms in total. The standard InChI is InChI=1S/C17H19N3O4S/c1-2-20-15-8-7-14(11-16(15)24-17(20)21)25(22,23)19-10-4-6-13-5-3-9-18-12-13/h3,5,7-9,11-12,19H,2,4,6,10H2,1H3. The largest absolute Gasteiger partial charge is 0.419 e. The van der Waals surface area contributed by atoms with Crippen molar-refractivity contribution in [2.24, 2.45) is 0 Å². The first-order chi connectivity index (χ1) is 12.0. The van der Waals surface area contributed by atoms with Crippen LogP contribution >= 0.6 is 0 Å². The Morgan fingerprint density at radius 3 is 2.84 bits per heavy atom. The predicted octanol–water partition coefficient (Wildman–Crippen LogP) is 1.92. The van der Waals surface area contributed by atoms with E-state index in [0.717, 1.165) is 12.0 Å². The second kappa shape index (κ2) is 7.20. The van der Waals surface area contributed by atoms with Gasteiger partial charge < -0.3 is 4.42 Å². The summed E-state index contributed by atoms with van der Waals surface area (Å²) in [5.74, 6) is -0.489. The molecule has 0 atom stereocenters. The summed E-state index contributed by atoms with van der Waals surface area (Å²) >= 11 is 0. The molecule has 0 aliphatic rings. The van der Waals surface area contributed by atoms with Gasteiger partial charge in [-0.3, -0.25) is 9.55 Å². The zero-order valence-electron chi connectivity index (χ0n) is 13.8. The highest BCUT2D eigenvalue weighted by atomic mass is 32.2. The van der Waals surface area contributed by atoms with E-state index in [-0.39, 0.29) is 10.5 Å². The van der Waals surface area contributed by atoms with Crippen molar-refractivity contribution in [3.63, 3.8) is 0 Å². The fraction of sp³-hybridized carbons (Fsp3) is 0.294. The van der Waals surface area contributed by atoms with Crippen LogP contribution in [0.15, 0.2) is 56.8 Å². The topological polar surface area (TPSA) is 94.2 Å². The van der Waals surface area contributed by atoms with Crippen LogP contribution in [0, 0.1) is 0 Å². The van der Waals surface area contributed by atoms with Gasteiger partial charge in [0.1, 0.15) is 0 Å². The minimum Gasteiger partial charge on any atom is -0.408 e. The minimum absolute atomic E-state index is 0.0818. The van der Waals surface area contributed by atoms with Crippen LogP contribution in [-0.4, -0.2) is 24.5 Å². The molecule has 0 bridgehead atoms. The normalized spacial score (nSPS) is 11.9. The molecule has 3 aromatic rings. The van der Waals surface area contributed by atoms with Crippen molar-refractivity contribution < 1.29 is 12.8 Å². The monoisotopic (exact) mass is 361 g/mol. The van der Waals surface area contributed by atoms with Crippen LogP contribution in [0.25, 0.3) is 11.1 Å². The third kappa shape index (κ3) is 3.80. The van der Waals surface area contributed by atoms with E-state index in [1.54, 1.807) is 18.5 Å². The minimum atomic E-state index is -3.65. The fourth-order valence-electron chi connectivity index (χ4n) is 2.64. The van der Waals surface area contributed by atoms with Crippen molar-refractivity contribution in [2.45, 2.75) is 31.2 Å². The van der Waals surface area contributed by atoms with Crippen LogP contribution in [0.4, 0.5) is 0 Å². The van der Waals surface area contributed by atoms with Gasteiger partial charge in [-0.25, -0.2) is 17.9 Å². The highest BCUT2D eigenvalue weighted by molar-refractivity contribution is 7.89. The SMILES string of the molecule is CCn1c(=O)oc2cc(S(=O)(=O)NCCCc3cccnc3)ccc21.